The Labute approximate surface area is 95.4 Å². The Balaban J connectivity index is 1.79. The van der Waals surface area contributed by atoms with Crippen LogP contribution in [0.3, 0.4) is 0 Å². The van der Waals surface area contributed by atoms with E-state index in [1.807, 2.05) is 6.92 Å². The van der Waals surface area contributed by atoms with Crippen LogP contribution in [0.4, 0.5) is 0 Å². The van der Waals surface area contributed by atoms with Crippen molar-refractivity contribution in [3.63, 3.8) is 0 Å². The highest BCUT2D eigenvalue weighted by molar-refractivity contribution is 5.86. The second-order valence-corrected chi connectivity index (χ2v) is 5.03. The maximum atomic E-state index is 11.8. The van der Waals surface area contributed by atoms with Gasteiger partial charge < -0.3 is 10.4 Å². The fraction of sp³-hybridized carbons (Fsp3) is 0.833. The van der Waals surface area contributed by atoms with Gasteiger partial charge >= 0.3 is 5.97 Å². The highest BCUT2D eigenvalue weighted by Crippen LogP contribution is 2.54. The SMILES string of the molecule is CCC[C@@H](NC(=O)[C@H]1C[C@@H]1C1CC1)C(=O)O. The van der Waals surface area contributed by atoms with Gasteiger partial charge in [-0.25, -0.2) is 4.79 Å². The molecule has 2 aliphatic rings. The summed E-state index contributed by atoms with van der Waals surface area (Å²) >= 11 is 0. The van der Waals surface area contributed by atoms with Gasteiger partial charge in [0, 0.05) is 5.92 Å². The fourth-order valence-corrected chi connectivity index (χ4v) is 2.39. The Morgan fingerprint density at radius 2 is 2.12 bits per heavy atom. The third kappa shape index (κ3) is 2.54. The van der Waals surface area contributed by atoms with Gasteiger partial charge in [0.05, 0.1) is 0 Å². The van der Waals surface area contributed by atoms with Crippen LogP contribution >= 0.6 is 0 Å². The standard InChI is InChI=1S/C12H19NO3/c1-2-3-10(12(15)16)13-11(14)9-6-8(9)7-4-5-7/h7-10H,2-6H2,1H3,(H,13,14)(H,15,16)/t8-,9+,10-/m1/s1. The summed E-state index contributed by atoms with van der Waals surface area (Å²) in [5.74, 6) is 0.448. The summed E-state index contributed by atoms with van der Waals surface area (Å²) in [6.07, 6.45) is 4.77. The monoisotopic (exact) mass is 225 g/mol. The third-order valence-corrected chi connectivity index (χ3v) is 3.60. The molecule has 90 valence electrons. The van der Waals surface area contributed by atoms with Crippen molar-refractivity contribution in [3.05, 3.63) is 0 Å². The van der Waals surface area contributed by atoms with Gasteiger partial charge in [-0.15, -0.1) is 0 Å². The number of nitrogens with one attached hydrogen (secondary N) is 1. The molecule has 3 atom stereocenters. The second kappa shape index (κ2) is 4.44. The van der Waals surface area contributed by atoms with E-state index in [1.54, 1.807) is 0 Å². The summed E-state index contributed by atoms with van der Waals surface area (Å²) in [6, 6.07) is -0.696. The summed E-state index contributed by atoms with van der Waals surface area (Å²) in [6.45, 7) is 1.92. The summed E-state index contributed by atoms with van der Waals surface area (Å²) in [4.78, 5) is 22.6. The molecule has 4 heteroatoms. The van der Waals surface area contributed by atoms with Crippen LogP contribution < -0.4 is 5.32 Å². The number of carboxylic acid groups (broad SMARTS) is 1. The summed E-state index contributed by atoms with van der Waals surface area (Å²) in [5.41, 5.74) is 0. The molecule has 16 heavy (non-hydrogen) atoms. The molecule has 2 rings (SSSR count). The zero-order chi connectivity index (χ0) is 11.7. The number of carbonyl (C=O) groups is 2. The molecule has 0 aromatic heterocycles. The zero-order valence-corrected chi connectivity index (χ0v) is 9.61. The number of amides is 1. The molecule has 4 nitrogen and oxygen atoms in total. The van der Waals surface area contributed by atoms with Crippen LogP contribution in [-0.4, -0.2) is 23.0 Å². The molecule has 2 fully saturated rings. The highest BCUT2D eigenvalue weighted by Gasteiger charge is 2.51. The third-order valence-electron chi connectivity index (χ3n) is 3.60. The van der Waals surface area contributed by atoms with E-state index in [0.29, 0.717) is 12.3 Å². The smallest absolute Gasteiger partial charge is 0.326 e. The average molecular weight is 225 g/mol. The molecule has 0 aromatic rings. The summed E-state index contributed by atoms with van der Waals surface area (Å²) in [5, 5.41) is 11.6. The number of rotatable bonds is 6. The number of hydrogen-bond donors (Lipinski definition) is 2. The van der Waals surface area contributed by atoms with Crippen LogP contribution in [-0.2, 0) is 9.59 Å². The van der Waals surface area contributed by atoms with Crippen LogP contribution in [0.2, 0.25) is 0 Å². The maximum absolute atomic E-state index is 11.8. The Morgan fingerprint density at radius 3 is 2.62 bits per heavy atom. The van der Waals surface area contributed by atoms with Gasteiger partial charge in [-0.3, -0.25) is 4.79 Å². The van der Waals surface area contributed by atoms with Crippen LogP contribution in [0.1, 0.15) is 39.0 Å². The first-order valence-electron chi connectivity index (χ1n) is 6.16. The van der Waals surface area contributed by atoms with E-state index in [1.165, 1.54) is 12.8 Å². The van der Waals surface area contributed by atoms with Crippen LogP contribution in [0, 0.1) is 17.8 Å². The molecule has 2 saturated carbocycles. The quantitative estimate of drug-likeness (QED) is 0.718. The van der Waals surface area contributed by atoms with Crippen molar-refractivity contribution in [2.24, 2.45) is 17.8 Å². The first kappa shape index (κ1) is 11.4. The minimum atomic E-state index is -0.918. The van der Waals surface area contributed by atoms with Crippen molar-refractivity contribution in [2.75, 3.05) is 0 Å². The molecule has 0 aromatic carbocycles. The van der Waals surface area contributed by atoms with E-state index in [0.717, 1.165) is 18.8 Å². The van der Waals surface area contributed by atoms with Crippen LogP contribution in [0.25, 0.3) is 0 Å². The molecule has 2 N–H and O–H groups in total. The van der Waals surface area contributed by atoms with E-state index < -0.39 is 12.0 Å². The van der Waals surface area contributed by atoms with Crippen molar-refractivity contribution in [3.8, 4) is 0 Å². The predicted octanol–water partition coefficient (Wildman–Crippen LogP) is 1.40. The van der Waals surface area contributed by atoms with Gasteiger partial charge in [-0.05, 0) is 37.5 Å². The maximum Gasteiger partial charge on any atom is 0.326 e. The lowest BCUT2D eigenvalue weighted by atomic mass is 10.1. The van der Waals surface area contributed by atoms with E-state index >= 15 is 0 Å². The van der Waals surface area contributed by atoms with E-state index in [2.05, 4.69) is 5.32 Å². The minimum Gasteiger partial charge on any atom is -0.480 e. The van der Waals surface area contributed by atoms with E-state index in [-0.39, 0.29) is 11.8 Å². The number of carbonyl (C=O) groups excluding carboxylic acids is 1. The van der Waals surface area contributed by atoms with Crippen molar-refractivity contribution in [1.29, 1.82) is 0 Å². The van der Waals surface area contributed by atoms with Gasteiger partial charge in [0.15, 0.2) is 0 Å². The fourth-order valence-electron chi connectivity index (χ4n) is 2.39. The van der Waals surface area contributed by atoms with Crippen molar-refractivity contribution < 1.29 is 14.7 Å². The zero-order valence-electron chi connectivity index (χ0n) is 9.61. The van der Waals surface area contributed by atoms with Crippen LogP contribution in [0.15, 0.2) is 0 Å². The first-order chi connectivity index (χ1) is 7.63. The van der Waals surface area contributed by atoms with Gasteiger partial charge in [0.25, 0.3) is 0 Å². The molecular weight excluding hydrogens is 206 g/mol. The highest BCUT2D eigenvalue weighted by atomic mass is 16.4. The molecule has 0 bridgehead atoms. The van der Waals surface area contributed by atoms with Crippen molar-refractivity contribution in [2.45, 2.75) is 45.1 Å². The Hall–Kier alpha value is -1.06. The molecule has 0 heterocycles. The van der Waals surface area contributed by atoms with E-state index in [9.17, 15) is 9.59 Å². The normalized spacial score (nSPS) is 29.6. The number of aliphatic carboxylic acids is 1. The molecule has 1 amide bonds. The molecule has 0 unspecified atom stereocenters. The van der Waals surface area contributed by atoms with Crippen molar-refractivity contribution in [1.82, 2.24) is 5.32 Å². The van der Waals surface area contributed by atoms with Gasteiger partial charge in [0.2, 0.25) is 5.91 Å². The average Bonchev–Trinajstić information content (AvgIpc) is 3.06. The lowest BCUT2D eigenvalue weighted by Gasteiger charge is -2.13. The lowest BCUT2D eigenvalue weighted by molar-refractivity contribution is -0.142. The second-order valence-electron chi connectivity index (χ2n) is 5.03. The Bertz CT molecular complexity index is 299. The largest absolute Gasteiger partial charge is 0.480 e. The molecule has 0 radical (unpaired) electrons. The van der Waals surface area contributed by atoms with E-state index in [4.69, 9.17) is 5.11 Å². The molecular formula is C12H19NO3. The first-order valence-corrected chi connectivity index (χ1v) is 6.16. The molecule has 2 aliphatic carbocycles. The predicted molar refractivity (Wildman–Crippen MR) is 58.8 cm³/mol. The minimum absolute atomic E-state index is 0.0437. The van der Waals surface area contributed by atoms with Gasteiger partial charge in [0.1, 0.15) is 6.04 Å². The van der Waals surface area contributed by atoms with Gasteiger partial charge in [-0.2, -0.15) is 0 Å². The van der Waals surface area contributed by atoms with Crippen molar-refractivity contribution >= 4 is 11.9 Å². The number of hydrogen-bond acceptors (Lipinski definition) is 2. The Morgan fingerprint density at radius 1 is 1.44 bits per heavy atom. The summed E-state index contributed by atoms with van der Waals surface area (Å²) in [7, 11) is 0. The molecule has 0 aliphatic heterocycles. The Kier molecular flexibility index (Phi) is 3.17. The topological polar surface area (TPSA) is 66.4 Å². The molecule has 0 spiro atoms. The van der Waals surface area contributed by atoms with Crippen LogP contribution in [0.5, 0.6) is 0 Å². The molecule has 0 saturated heterocycles. The lowest BCUT2D eigenvalue weighted by Crippen LogP contribution is -2.41. The number of carboxylic acids is 1. The summed E-state index contributed by atoms with van der Waals surface area (Å²) < 4.78 is 0. The van der Waals surface area contributed by atoms with Gasteiger partial charge in [-0.1, -0.05) is 13.3 Å².